The second-order valence-electron chi connectivity index (χ2n) is 4.98. The summed E-state index contributed by atoms with van der Waals surface area (Å²) < 4.78 is 10.9. The van der Waals surface area contributed by atoms with E-state index in [1.54, 1.807) is 0 Å². The maximum Gasteiger partial charge on any atom is 0.122 e. The minimum atomic E-state index is 0.0486. The highest BCUT2D eigenvalue weighted by Crippen LogP contribution is 2.22. The number of hydrogen-bond acceptors (Lipinski definition) is 4. The van der Waals surface area contributed by atoms with Crippen molar-refractivity contribution in [2.24, 2.45) is 5.73 Å². The molecule has 4 nitrogen and oxygen atoms in total. The van der Waals surface area contributed by atoms with E-state index in [2.05, 4.69) is 24.0 Å². The van der Waals surface area contributed by atoms with Gasteiger partial charge in [-0.25, -0.2) is 0 Å². The summed E-state index contributed by atoms with van der Waals surface area (Å²) in [6, 6.07) is 6.28. The van der Waals surface area contributed by atoms with Crippen LogP contribution in [0.1, 0.15) is 24.1 Å². The zero-order valence-corrected chi connectivity index (χ0v) is 11.9. The van der Waals surface area contributed by atoms with Gasteiger partial charge in [0, 0.05) is 25.7 Å². The van der Waals surface area contributed by atoms with Crippen molar-refractivity contribution in [3.63, 3.8) is 0 Å². The predicted molar refractivity (Wildman–Crippen MR) is 76.5 cm³/mol. The lowest BCUT2D eigenvalue weighted by atomic mass is 10.0. The third-order valence-corrected chi connectivity index (χ3v) is 3.49. The molecule has 19 heavy (non-hydrogen) atoms. The van der Waals surface area contributed by atoms with Crippen LogP contribution in [0.15, 0.2) is 18.2 Å². The molecule has 1 heterocycles. The molecule has 0 bridgehead atoms. The summed E-state index contributed by atoms with van der Waals surface area (Å²) in [6.07, 6.45) is 0. The van der Waals surface area contributed by atoms with E-state index in [0.717, 1.165) is 44.2 Å². The number of benzene rings is 1. The molecule has 1 aliphatic rings. The Morgan fingerprint density at radius 1 is 1.37 bits per heavy atom. The van der Waals surface area contributed by atoms with Crippen LogP contribution in [0.5, 0.6) is 5.75 Å². The van der Waals surface area contributed by atoms with E-state index in [0.29, 0.717) is 6.61 Å². The molecule has 1 fully saturated rings. The van der Waals surface area contributed by atoms with Crippen molar-refractivity contribution in [3.8, 4) is 5.75 Å². The first kappa shape index (κ1) is 14.3. The van der Waals surface area contributed by atoms with Crippen molar-refractivity contribution >= 4 is 0 Å². The van der Waals surface area contributed by atoms with Crippen LogP contribution in [0.25, 0.3) is 0 Å². The highest BCUT2D eigenvalue weighted by atomic mass is 16.5. The van der Waals surface area contributed by atoms with Crippen LogP contribution >= 0.6 is 0 Å². The van der Waals surface area contributed by atoms with Gasteiger partial charge in [0.25, 0.3) is 0 Å². The molecular formula is C15H24N2O2. The zero-order chi connectivity index (χ0) is 13.7. The van der Waals surface area contributed by atoms with E-state index in [9.17, 15) is 0 Å². The third-order valence-electron chi connectivity index (χ3n) is 3.49. The van der Waals surface area contributed by atoms with E-state index in [-0.39, 0.29) is 6.04 Å². The Balaban J connectivity index is 1.98. The predicted octanol–water partition coefficient (Wildman–Crippen LogP) is 1.73. The summed E-state index contributed by atoms with van der Waals surface area (Å²) in [6.45, 7) is 9.22. The SMILES string of the molecule is CCOc1ccc(C(N)CN2CCOCC2)cc1C. The summed E-state index contributed by atoms with van der Waals surface area (Å²) >= 11 is 0. The van der Waals surface area contributed by atoms with Crippen LogP contribution in [0, 0.1) is 6.92 Å². The second-order valence-corrected chi connectivity index (χ2v) is 4.98. The monoisotopic (exact) mass is 264 g/mol. The maximum atomic E-state index is 6.30. The fourth-order valence-corrected chi connectivity index (χ4v) is 2.39. The molecule has 1 saturated heterocycles. The lowest BCUT2D eigenvalue weighted by molar-refractivity contribution is 0.0352. The molecule has 0 aliphatic carbocycles. The average Bonchev–Trinajstić information content (AvgIpc) is 2.42. The fraction of sp³-hybridized carbons (Fsp3) is 0.600. The lowest BCUT2D eigenvalue weighted by Crippen LogP contribution is -2.40. The van der Waals surface area contributed by atoms with Crippen LogP contribution in [-0.2, 0) is 4.74 Å². The molecule has 0 radical (unpaired) electrons. The van der Waals surface area contributed by atoms with Crippen LogP contribution in [-0.4, -0.2) is 44.4 Å². The Labute approximate surface area is 115 Å². The van der Waals surface area contributed by atoms with Gasteiger partial charge >= 0.3 is 0 Å². The highest BCUT2D eigenvalue weighted by molar-refractivity contribution is 5.37. The Hall–Kier alpha value is -1.10. The van der Waals surface area contributed by atoms with E-state index >= 15 is 0 Å². The van der Waals surface area contributed by atoms with Crippen molar-refractivity contribution in [2.75, 3.05) is 39.5 Å². The minimum absolute atomic E-state index is 0.0486. The first-order chi connectivity index (χ1) is 9.20. The van der Waals surface area contributed by atoms with Gasteiger partial charge in [0.1, 0.15) is 5.75 Å². The number of hydrogen-bond donors (Lipinski definition) is 1. The lowest BCUT2D eigenvalue weighted by Gasteiger charge is -2.29. The van der Waals surface area contributed by atoms with Crippen molar-refractivity contribution in [3.05, 3.63) is 29.3 Å². The number of ether oxygens (including phenoxy) is 2. The molecule has 1 atom stereocenters. The van der Waals surface area contributed by atoms with E-state index in [1.807, 2.05) is 13.0 Å². The molecule has 0 spiro atoms. The van der Waals surface area contributed by atoms with E-state index in [4.69, 9.17) is 15.2 Å². The molecule has 4 heteroatoms. The molecule has 1 aromatic carbocycles. The Morgan fingerprint density at radius 2 is 2.11 bits per heavy atom. The smallest absolute Gasteiger partial charge is 0.122 e. The molecular weight excluding hydrogens is 240 g/mol. The summed E-state index contributed by atoms with van der Waals surface area (Å²) in [7, 11) is 0. The van der Waals surface area contributed by atoms with Crippen LogP contribution in [0.2, 0.25) is 0 Å². The number of aryl methyl sites for hydroxylation is 1. The van der Waals surface area contributed by atoms with Crippen LogP contribution in [0.4, 0.5) is 0 Å². The minimum Gasteiger partial charge on any atom is -0.494 e. The summed E-state index contributed by atoms with van der Waals surface area (Å²) in [5, 5.41) is 0. The molecule has 0 aromatic heterocycles. The number of nitrogens with zero attached hydrogens (tertiary/aromatic N) is 1. The van der Waals surface area contributed by atoms with E-state index in [1.165, 1.54) is 5.56 Å². The molecule has 2 N–H and O–H groups in total. The molecule has 2 rings (SSSR count). The summed E-state index contributed by atoms with van der Waals surface area (Å²) in [5.41, 5.74) is 8.62. The molecule has 106 valence electrons. The molecule has 1 aromatic rings. The van der Waals surface area contributed by atoms with Gasteiger partial charge in [0.15, 0.2) is 0 Å². The van der Waals surface area contributed by atoms with Gasteiger partial charge in [-0.1, -0.05) is 12.1 Å². The van der Waals surface area contributed by atoms with E-state index < -0.39 is 0 Å². The Bertz CT molecular complexity index is 403. The standard InChI is InChI=1S/C15H24N2O2/c1-3-19-15-5-4-13(10-12(15)2)14(16)11-17-6-8-18-9-7-17/h4-5,10,14H,3,6-9,11,16H2,1-2H3. The molecule has 0 amide bonds. The van der Waals surface area contributed by atoms with Gasteiger partial charge in [-0.15, -0.1) is 0 Å². The maximum absolute atomic E-state index is 6.30. The highest BCUT2D eigenvalue weighted by Gasteiger charge is 2.15. The van der Waals surface area contributed by atoms with Gasteiger partial charge in [-0.3, -0.25) is 4.90 Å². The van der Waals surface area contributed by atoms with Gasteiger partial charge in [-0.05, 0) is 31.0 Å². The molecule has 1 aliphatic heterocycles. The van der Waals surface area contributed by atoms with Crippen LogP contribution < -0.4 is 10.5 Å². The van der Waals surface area contributed by atoms with Crippen molar-refractivity contribution in [2.45, 2.75) is 19.9 Å². The first-order valence-electron chi connectivity index (χ1n) is 6.99. The number of nitrogens with two attached hydrogens (primary N) is 1. The van der Waals surface area contributed by atoms with Gasteiger partial charge in [0.05, 0.1) is 19.8 Å². The Morgan fingerprint density at radius 3 is 2.74 bits per heavy atom. The zero-order valence-electron chi connectivity index (χ0n) is 11.9. The van der Waals surface area contributed by atoms with Crippen molar-refractivity contribution in [1.29, 1.82) is 0 Å². The van der Waals surface area contributed by atoms with Gasteiger partial charge in [-0.2, -0.15) is 0 Å². The third kappa shape index (κ3) is 3.93. The number of rotatable bonds is 5. The average molecular weight is 264 g/mol. The normalized spacial score (nSPS) is 18.3. The first-order valence-corrected chi connectivity index (χ1v) is 6.99. The molecule has 1 unspecified atom stereocenters. The van der Waals surface area contributed by atoms with Crippen molar-refractivity contribution < 1.29 is 9.47 Å². The molecule has 0 saturated carbocycles. The largest absolute Gasteiger partial charge is 0.494 e. The van der Waals surface area contributed by atoms with Crippen molar-refractivity contribution in [1.82, 2.24) is 4.90 Å². The second kappa shape index (κ2) is 6.89. The number of morpholine rings is 1. The Kier molecular flexibility index (Phi) is 5.19. The van der Waals surface area contributed by atoms with Gasteiger partial charge < -0.3 is 15.2 Å². The summed E-state index contributed by atoms with van der Waals surface area (Å²) in [4.78, 5) is 2.36. The van der Waals surface area contributed by atoms with Crippen LogP contribution in [0.3, 0.4) is 0 Å². The fourth-order valence-electron chi connectivity index (χ4n) is 2.39. The van der Waals surface area contributed by atoms with Gasteiger partial charge in [0.2, 0.25) is 0 Å². The summed E-state index contributed by atoms with van der Waals surface area (Å²) in [5.74, 6) is 0.949. The topological polar surface area (TPSA) is 47.7 Å². The quantitative estimate of drug-likeness (QED) is 0.880.